The van der Waals surface area contributed by atoms with Gasteiger partial charge in [-0.3, -0.25) is 15.0 Å². The lowest BCUT2D eigenvalue weighted by Crippen LogP contribution is -2.56. The van der Waals surface area contributed by atoms with Crippen LogP contribution in [0.4, 0.5) is 0 Å². The first-order valence-electron chi connectivity index (χ1n) is 7.67. The van der Waals surface area contributed by atoms with Crippen LogP contribution in [0.2, 0.25) is 0 Å². The van der Waals surface area contributed by atoms with Gasteiger partial charge in [-0.25, -0.2) is 5.01 Å². The van der Waals surface area contributed by atoms with Crippen LogP contribution in [0.1, 0.15) is 47.1 Å². The summed E-state index contributed by atoms with van der Waals surface area (Å²) in [7, 11) is 0. The van der Waals surface area contributed by atoms with Crippen molar-refractivity contribution in [1.82, 2.24) is 10.4 Å². The zero-order valence-corrected chi connectivity index (χ0v) is 15.8. The Morgan fingerprint density at radius 3 is 2.04 bits per heavy atom. The van der Waals surface area contributed by atoms with Crippen molar-refractivity contribution in [2.75, 3.05) is 0 Å². The summed E-state index contributed by atoms with van der Waals surface area (Å²) in [5, 5.41) is 1.38. The Hall–Kier alpha value is -2.14. The summed E-state index contributed by atoms with van der Waals surface area (Å²) in [6.07, 6.45) is 0. The molecule has 0 bridgehead atoms. The topological polar surface area (TPSA) is 49.4 Å². The van der Waals surface area contributed by atoms with Crippen molar-refractivity contribution in [1.29, 1.82) is 0 Å². The van der Waals surface area contributed by atoms with Gasteiger partial charge >= 0.3 is 0 Å². The van der Waals surface area contributed by atoms with E-state index in [9.17, 15) is 9.59 Å². The van der Waals surface area contributed by atoms with Gasteiger partial charge in [0.15, 0.2) is 0 Å². The van der Waals surface area contributed by atoms with Gasteiger partial charge in [0.2, 0.25) is 0 Å². The highest BCUT2D eigenvalue weighted by Gasteiger charge is 2.30. The molecule has 0 saturated carbocycles. The Bertz CT molecular complexity index is 766. The summed E-state index contributed by atoms with van der Waals surface area (Å²) in [5.74, 6) is -0.569. The van der Waals surface area contributed by atoms with Crippen molar-refractivity contribution in [3.05, 3.63) is 69.7 Å². The number of carbonyl (C=O) groups is 2. The Morgan fingerprint density at radius 2 is 1.50 bits per heavy atom. The molecule has 24 heavy (non-hydrogen) atoms. The minimum Gasteiger partial charge on any atom is -0.267 e. The van der Waals surface area contributed by atoms with Gasteiger partial charge in [-0.15, -0.1) is 0 Å². The molecular formula is C19H21BrN2O2. The maximum absolute atomic E-state index is 12.9. The maximum atomic E-state index is 12.9. The summed E-state index contributed by atoms with van der Waals surface area (Å²) in [6.45, 7) is 7.49. The molecule has 0 radical (unpaired) electrons. The average molecular weight is 389 g/mol. The number of hydrazine groups is 1. The van der Waals surface area contributed by atoms with Crippen LogP contribution in [0, 0.1) is 6.92 Å². The smallest absolute Gasteiger partial charge is 0.267 e. The average Bonchev–Trinajstić information content (AvgIpc) is 2.51. The van der Waals surface area contributed by atoms with E-state index in [1.54, 1.807) is 30.3 Å². The predicted molar refractivity (Wildman–Crippen MR) is 98.7 cm³/mol. The molecule has 0 spiro atoms. The van der Waals surface area contributed by atoms with Crippen LogP contribution in [0.5, 0.6) is 0 Å². The summed E-state index contributed by atoms with van der Waals surface area (Å²) in [4.78, 5) is 25.6. The fourth-order valence-electron chi connectivity index (χ4n) is 2.27. The third kappa shape index (κ3) is 4.03. The molecule has 0 saturated heterocycles. The molecule has 126 valence electrons. The van der Waals surface area contributed by atoms with Crippen molar-refractivity contribution >= 4 is 27.7 Å². The molecule has 2 amide bonds. The molecule has 0 aliphatic carbocycles. The van der Waals surface area contributed by atoms with Crippen molar-refractivity contribution in [2.45, 2.75) is 33.2 Å². The molecule has 0 fully saturated rings. The maximum Gasteiger partial charge on any atom is 0.273 e. The monoisotopic (exact) mass is 388 g/mol. The molecule has 0 atom stereocenters. The van der Waals surface area contributed by atoms with E-state index < -0.39 is 5.54 Å². The normalized spacial score (nSPS) is 11.0. The van der Waals surface area contributed by atoms with E-state index in [0.717, 1.165) is 5.56 Å². The zero-order chi connectivity index (χ0) is 17.9. The SMILES string of the molecule is Cc1ccccc1C(=O)NN(C(=O)c1ccccc1Br)C(C)(C)C. The van der Waals surface area contributed by atoms with Gasteiger partial charge in [0.25, 0.3) is 11.8 Å². The van der Waals surface area contributed by atoms with Crippen LogP contribution in [-0.4, -0.2) is 22.4 Å². The molecule has 0 aliphatic rings. The van der Waals surface area contributed by atoms with Gasteiger partial charge in [-0.2, -0.15) is 0 Å². The Balaban J connectivity index is 2.34. The first kappa shape index (κ1) is 18.2. The van der Waals surface area contributed by atoms with E-state index in [2.05, 4.69) is 21.4 Å². The molecule has 2 aromatic carbocycles. The first-order chi connectivity index (χ1) is 11.2. The van der Waals surface area contributed by atoms with E-state index >= 15 is 0 Å². The largest absolute Gasteiger partial charge is 0.273 e. The molecule has 0 unspecified atom stereocenters. The molecular weight excluding hydrogens is 368 g/mol. The standard InChI is InChI=1S/C19H21BrN2O2/c1-13-9-5-6-10-14(13)17(23)21-22(19(2,3)4)18(24)15-11-7-8-12-16(15)20/h5-12H,1-4H3,(H,21,23). The number of rotatable bonds is 2. The molecule has 0 heterocycles. The van der Waals surface area contributed by atoms with Gasteiger partial charge in [0, 0.05) is 10.0 Å². The zero-order valence-electron chi connectivity index (χ0n) is 14.3. The lowest BCUT2D eigenvalue weighted by molar-refractivity contribution is 0.0357. The third-order valence-electron chi connectivity index (χ3n) is 3.58. The van der Waals surface area contributed by atoms with Gasteiger partial charge in [0.05, 0.1) is 11.1 Å². The van der Waals surface area contributed by atoms with E-state index in [-0.39, 0.29) is 11.8 Å². The lowest BCUT2D eigenvalue weighted by Gasteiger charge is -2.35. The molecule has 2 rings (SSSR count). The van der Waals surface area contributed by atoms with Crippen molar-refractivity contribution < 1.29 is 9.59 Å². The second kappa shape index (κ2) is 7.18. The van der Waals surface area contributed by atoms with E-state index in [0.29, 0.717) is 15.6 Å². The number of halogens is 1. The number of nitrogens with zero attached hydrogens (tertiary/aromatic N) is 1. The van der Waals surface area contributed by atoms with Crippen molar-refractivity contribution in [3.63, 3.8) is 0 Å². The number of aryl methyl sites for hydroxylation is 1. The Labute approximate surface area is 151 Å². The molecule has 0 aromatic heterocycles. The second-order valence-corrected chi connectivity index (χ2v) is 7.40. The van der Waals surface area contributed by atoms with Crippen LogP contribution in [0.15, 0.2) is 53.0 Å². The number of nitrogens with one attached hydrogen (secondary N) is 1. The number of amides is 2. The summed E-state index contributed by atoms with van der Waals surface area (Å²) >= 11 is 3.39. The van der Waals surface area contributed by atoms with Crippen LogP contribution in [0.3, 0.4) is 0 Å². The number of hydrogen-bond donors (Lipinski definition) is 1. The van der Waals surface area contributed by atoms with Crippen molar-refractivity contribution in [3.8, 4) is 0 Å². The molecule has 2 aromatic rings. The quantitative estimate of drug-likeness (QED) is 0.777. The minimum atomic E-state index is -0.579. The summed E-state index contributed by atoms with van der Waals surface area (Å²) < 4.78 is 0.689. The molecule has 4 nitrogen and oxygen atoms in total. The van der Waals surface area contributed by atoms with Gasteiger partial charge in [-0.05, 0) is 67.4 Å². The van der Waals surface area contributed by atoms with Crippen LogP contribution in [-0.2, 0) is 0 Å². The Kier molecular flexibility index (Phi) is 5.44. The van der Waals surface area contributed by atoms with E-state index in [1.165, 1.54) is 5.01 Å². The predicted octanol–water partition coefficient (Wildman–Crippen LogP) is 4.34. The third-order valence-corrected chi connectivity index (χ3v) is 4.27. The molecule has 1 N–H and O–H groups in total. The first-order valence-corrected chi connectivity index (χ1v) is 8.47. The fraction of sp³-hybridized carbons (Fsp3) is 0.263. The van der Waals surface area contributed by atoms with Gasteiger partial charge in [0.1, 0.15) is 0 Å². The second-order valence-electron chi connectivity index (χ2n) is 6.55. The highest BCUT2D eigenvalue weighted by molar-refractivity contribution is 9.10. The lowest BCUT2D eigenvalue weighted by atomic mass is 10.1. The van der Waals surface area contributed by atoms with E-state index in [1.807, 2.05) is 45.9 Å². The van der Waals surface area contributed by atoms with Crippen molar-refractivity contribution in [2.24, 2.45) is 0 Å². The van der Waals surface area contributed by atoms with Crippen LogP contribution >= 0.6 is 15.9 Å². The van der Waals surface area contributed by atoms with Crippen LogP contribution in [0.25, 0.3) is 0 Å². The number of benzene rings is 2. The summed E-state index contributed by atoms with van der Waals surface area (Å²) in [6, 6.07) is 14.5. The fourth-order valence-corrected chi connectivity index (χ4v) is 2.72. The Morgan fingerprint density at radius 1 is 0.958 bits per heavy atom. The van der Waals surface area contributed by atoms with Gasteiger partial charge in [-0.1, -0.05) is 30.3 Å². The molecule has 5 heteroatoms. The van der Waals surface area contributed by atoms with E-state index in [4.69, 9.17) is 0 Å². The minimum absolute atomic E-state index is 0.267. The molecule has 0 aliphatic heterocycles. The highest BCUT2D eigenvalue weighted by Crippen LogP contribution is 2.22. The van der Waals surface area contributed by atoms with Crippen LogP contribution < -0.4 is 5.43 Å². The summed E-state index contributed by atoms with van der Waals surface area (Å²) in [5.41, 5.74) is 4.09. The highest BCUT2D eigenvalue weighted by atomic mass is 79.9. The number of carbonyl (C=O) groups excluding carboxylic acids is 2. The number of hydrogen-bond acceptors (Lipinski definition) is 2. The van der Waals surface area contributed by atoms with Gasteiger partial charge < -0.3 is 0 Å².